The molecule has 0 spiro atoms. The molecule has 0 unspecified atom stereocenters. The zero-order valence-electron chi connectivity index (χ0n) is 10.4. The first-order valence-corrected chi connectivity index (χ1v) is 5.53. The number of hydrogen-bond acceptors (Lipinski definition) is 7. The van der Waals surface area contributed by atoms with Gasteiger partial charge in [-0.2, -0.15) is 0 Å². The predicted molar refractivity (Wildman–Crippen MR) is 60.1 cm³/mol. The van der Waals surface area contributed by atoms with Crippen LogP contribution in [-0.4, -0.2) is 37.6 Å². The molecule has 0 aliphatic carbocycles. The SMILES string of the molecule is CCC(=O)OC(COC(=O)NCN)OC(=O)CC. The lowest BCUT2D eigenvalue weighted by Gasteiger charge is -2.17. The highest BCUT2D eigenvalue weighted by molar-refractivity contribution is 5.71. The number of nitrogens with one attached hydrogen (secondary N) is 1. The van der Waals surface area contributed by atoms with E-state index in [1.165, 1.54) is 0 Å². The van der Waals surface area contributed by atoms with E-state index in [-0.39, 0.29) is 26.1 Å². The van der Waals surface area contributed by atoms with Crippen LogP contribution in [0, 0.1) is 0 Å². The van der Waals surface area contributed by atoms with Crippen molar-refractivity contribution < 1.29 is 28.6 Å². The summed E-state index contributed by atoms with van der Waals surface area (Å²) >= 11 is 0. The highest BCUT2D eigenvalue weighted by Gasteiger charge is 2.19. The Hall–Kier alpha value is -1.83. The molecule has 0 aromatic rings. The van der Waals surface area contributed by atoms with Gasteiger partial charge in [0.15, 0.2) is 6.61 Å². The van der Waals surface area contributed by atoms with E-state index in [1.54, 1.807) is 13.8 Å². The fourth-order valence-corrected chi connectivity index (χ4v) is 0.830. The van der Waals surface area contributed by atoms with Gasteiger partial charge in [0.05, 0.1) is 6.67 Å². The Bertz CT molecular complexity index is 276. The molecule has 8 heteroatoms. The second-order valence-electron chi connectivity index (χ2n) is 3.10. The van der Waals surface area contributed by atoms with Gasteiger partial charge in [-0.15, -0.1) is 0 Å². The van der Waals surface area contributed by atoms with Crippen molar-refractivity contribution in [3.05, 3.63) is 0 Å². The van der Waals surface area contributed by atoms with Crippen molar-refractivity contribution in [3.8, 4) is 0 Å². The second-order valence-corrected chi connectivity index (χ2v) is 3.10. The van der Waals surface area contributed by atoms with Crippen LogP contribution in [0.5, 0.6) is 0 Å². The number of esters is 2. The molecule has 18 heavy (non-hydrogen) atoms. The molecule has 0 aromatic heterocycles. The summed E-state index contributed by atoms with van der Waals surface area (Å²) < 4.78 is 14.2. The maximum atomic E-state index is 11.1. The number of ether oxygens (including phenoxy) is 3. The highest BCUT2D eigenvalue weighted by atomic mass is 16.7. The Labute approximate surface area is 105 Å². The molecule has 0 saturated carbocycles. The highest BCUT2D eigenvalue weighted by Crippen LogP contribution is 2.01. The van der Waals surface area contributed by atoms with Gasteiger partial charge in [0.1, 0.15) is 0 Å². The van der Waals surface area contributed by atoms with Gasteiger partial charge >= 0.3 is 18.0 Å². The van der Waals surface area contributed by atoms with E-state index in [0.29, 0.717) is 0 Å². The summed E-state index contributed by atoms with van der Waals surface area (Å²) in [6, 6.07) is 0. The van der Waals surface area contributed by atoms with Crippen LogP contribution in [-0.2, 0) is 23.8 Å². The van der Waals surface area contributed by atoms with Gasteiger partial charge in [0.25, 0.3) is 6.29 Å². The van der Waals surface area contributed by atoms with E-state index in [4.69, 9.17) is 15.2 Å². The summed E-state index contributed by atoms with van der Waals surface area (Å²) in [4.78, 5) is 33.1. The van der Waals surface area contributed by atoms with Gasteiger partial charge in [-0.25, -0.2) is 4.79 Å². The van der Waals surface area contributed by atoms with Crippen LogP contribution >= 0.6 is 0 Å². The fraction of sp³-hybridized carbons (Fsp3) is 0.700. The van der Waals surface area contributed by atoms with Crippen molar-refractivity contribution in [1.29, 1.82) is 0 Å². The monoisotopic (exact) mass is 262 g/mol. The van der Waals surface area contributed by atoms with E-state index in [1.807, 2.05) is 0 Å². The molecule has 0 heterocycles. The van der Waals surface area contributed by atoms with Crippen LogP contribution in [0.1, 0.15) is 26.7 Å². The standard InChI is InChI=1S/C10H18N2O6/c1-3-7(13)17-9(18-8(14)4-2)5-16-10(15)12-6-11/h9H,3-6,11H2,1-2H3,(H,12,15). The molecular weight excluding hydrogens is 244 g/mol. The van der Waals surface area contributed by atoms with Gasteiger partial charge in [0.2, 0.25) is 0 Å². The molecule has 0 saturated heterocycles. The maximum Gasteiger partial charge on any atom is 0.408 e. The summed E-state index contributed by atoms with van der Waals surface area (Å²) in [6.45, 7) is 2.70. The third-order valence-electron chi connectivity index (χ3n) is 1.70. The average molecular weight is 262 g/mol. The van der Waals surface area contributed by atoms with Crippen LogP contribution < -0.4 is 11.1 Å². The number of hydrogen-bond donors (Lipinski definition) is 2. The van der Waals surface area contributed by atoms with Crippen LogP contribution in [0.2, 0.25) is 0 Å². The molecule has 0 aromatic carbocycles. The van der Waals surface area contributed by atoms with Crippen molar-refractivity contribution >= 4 is 18.0 Å². The van der Waals surface area contributed by atoms with Gasteiger partial charge in [0, 0.05) is 12.8 Å². The Balaban J connectivity index is 4.23. The van der Waals surface area contributed by atoms with Gasteiger partial charge in [-0.3, -0.25) is 9.59 Å². The molecule has 104 valence electrons. The smallest absolute Gasteiger partial charge is 0.408 e. The van der Waals surface area contributed by atoms with Gasteiger partial charge < -0.3 is 25.3 Å². The van der Waals surface area contributed by atoms with Crippen molar-refractivity contribution in [2.24, 2.45) is 5.73 Å². The first-order valence-electron chi connectivity index (χ1n) is 5.53. The molecule has 1 amide bonds. The first-order chi connectivity index (χ1) is 8.53. The Morgan fingerprint density at radius 3 is 2.00 bits per heavy atom. The van der Waals surface area contributed by atoms with Crippen LogP contribution in [0.25, 0.3) is 0 Å². The molecular formula is C10H18N2O6. The Morgan fingerprint density at radius 2 is 1.61 bits per heavy atom. The number of rotatable bonds is 7. The molecule has 0 fully saturated rings. The van der Waals surface area contributed by atoms with Crippen molar-refractivity contribution in [2.45, 2.75) is 33.0 Å². The molecule has 3 N–H and O–H groups in total. The van der Waals surface area contributed by atoms with E-state index in [9.17, 15) is 14.4 Å². The zero-order valence-corrected chi connectivity index (χ0v) is 10.4. The second kappa shape index (κ2) is 9.23. The molecule has 0 atom stereocenters. The lowest BCUT2D eigenvalue weighted by molar-refractivity contribution is -0.193. The molecule has 0 aliphatic rings. The van der Waals surface area contributed by atoms with Crippen molar-refractivity contribution in [1.82, 2.24) is 5.32 Å². The molecule has 0 aliphatic heterocycles. The largest absolute Gasteiger partial charge is 0.442 e. The minimum Gasteiger partial charge on any atom is -0.442 e. The number of amides is 1. The van der Waals surface area contributed by atoms with E-state index >= 15 is 0 Å². The minimum atomic E-state index is -1.24. The molecule has 0 bridgehead atoms. The topological polar surface area (TPSA) is 117 Å². The average Bonchev–Trinajstić information content (AvgIpc) is 2.35. The van der Waals surface area contributed by atoms with Gasteiger partial charge in [-0.05, 0) is 0 Å². The number of alkyl carbamates (subject to hydrolysis) is 1. The number of nitrogens with two attached hydrogens (primary N) is 1. The van der Waals surface area contributed by atoms with E-state index < -0.39 is 24.3 Å². The lowest BCUT2D eigenvalue weighted by atomic mass is 10.5. The number of carbonyl (C=O) groups excluding carboxylic acids is 3. The summed E-state index contributed by atoms with van der Waals surface area (Å²) in [6.07, 6.45) is -1.79. The normalized spacial score (nSPS) is 9.78. The summed E-state index contributed by atoms with van der Waals surface area (Å²) in [5.74, 6) is -1.13. The summed E-state index contributed by atoms with van der Waals surface area (Å²) in [5, 5.41) is 2.17. The summed E-state index contributed by atoms with van der Waals surface area (Å²) in [7, 11) is 0. The van der Waals surface area contributed by atoms with Crippen molar-refractivity contribution in [2.75, 3.05) is 13.3 Å². The van der Waals surface area contributed by atoms with E-state index in [0.717, 1.165) is 0 Å². The first kappa shape index (κ1) is 16.2. The number of carbonyl (C=O) groups is 3. The molecule has 0 rings (SSSR count). The van der Waals surface area contributed by atoms with Gasteiger partial charge in [-0.1, -0.05) is 13.8 Å². The van der Waals surface area contributed by atoms with Crippen LogP contribution in [0.15, 0.2) is 0 Å². The molecule has 8 nitrogen and oxygen atoms in total. The Kier molecular flexibility index (Phi) is 8.29. The maximum absolute atomic E-state index is 11.1. The zero-order chi connectivity index (χ0) is 14.0. The van der Waals surface area contributed by atoms with E-state index in [2.05, 4.69) is 10.1 Å². The lowest BCUT2D eigenvalue weighted by Crippen LogP contribution is -2.35. The Morgan fingerprint density at radius 1 is 1.11 bits per heavy atom. The quantitative estimate of drug-likeness (QED) is 0.484. The van der Waals surface area contributed by atoms with Crippen LogP contribution in [0.3, 0.4) is 0 Å². The molecule has 0 radical (unpaired) electrons. The fourth-order valence-electron chi connectivity index (χ4n) is 0.830. The predicted octanol–water partition coefficient (Wildman–Crippen LogP) is -0.139. The third kappa shape index (κ3) is 7.44. The minimum absolute atomic E-state index is 0.0903. The third-order valence-corrected chi connectivity index (χ3v) is 1.70. The van der Waals surface area contributed by atoms with Crippen LogP contribution in [0.4, 0.5) is 4.79 Å². The summed E-state index contributed by atoms with van der Waals surface area (Å²) in [5.41, 5.74) is 5.06. The van der Waals surface area contributed by atoms with Crippen molar-refractivity contribution in [3.63, 3.8) is 0 Å².